The number of rotatable bonds is 7. The van der Waals surface area contributed by atoms with E-state index in [1.165, 1.54) is 0 Å². The van der Waals surface area contributed by atoms with Crippen LogP contribution in [0.25, 0.3) is 0 Å². The van der Waals surface area contributed by atoms with E-state index in [1.54, 1.807) is 23.4 Å². The molecule has 0 aromatic carbocycles. The van der Waals surface area contributed by atoms with Gasteiger partial charge in [-0.15, -0.1) is 0 Å². The molecule has 5 nitrogen and oxygen atoms in total. The predicted octanol–water partition coefficient (Wildman–Crippen LogP) is 1.90. The Balaban J connectivity index is 2.33. The van der Waals surface area contributed by atoms with Gasteiger partial charge in [0, 0.05) is 12.8 Å². The normalized spacial score (nSPS) is 12.5. The Morgan fingerprint density at radius 1 is 1.63 bits per heavy atom. The van der Waals surface area contributed by atoms with E-state index in [2.05, 4.69) is 5.10 Å². The lowest BCUT2D eigenvalue weighted by Gasteiger charge is -2.10. The van der Waals surface area contributed by atoms with Crippen LogP contribution >= 0.6 is 23.4 Å². The topological polar surface area (TPSA) is 70.1 Å². The highest BCUT2D eigenvalue weighted by molar-refractivity contribution is 7.98. The van der Waals surface area contributed by atoms with E-state index in [9.17, 15) is 4.79 Å². The number of carbonyl (C=O) groups excluding carboxylic acids is 1. The first kappa shape index (κ1) is 16.3. The van der Waals surface area contributed by atoms with Gasteiger partial charge >= 0.3 is 5.97 Å². The first-order chi connectivity index (χ1) is 8.97. The van der Waals surface area contributed by atoms with Crippen molar-refractivity contribution in [3.8, 4) is 0 Å². The smallest absolute Gasteiger partial charge is 0.322 e. The van der Waals surface area contributed by atoms with Crippen LogP contribution in [0.1, 0.15) is 24.7 Å². The fraction of sp³-hybridized carbons (Fsp3) is 0.667. The molecule has 1 aromatic heterocycles. The first-order valence-corrected chi connectivity index (χ1v) is 7.68. The van der Waals surface area contributed by atoms with Gasteiger partial charge in [0.1, 0.15) is 6.04 Å². The third-order valence-electron chi connectivity index (χ3n) is 2.66. The largest absolute Gasteiger partial charge is 0.465 e. The van der Waals surface area contributed by atoms with Crippen LogP contribution in [0, 0.1) is 6.92 Å². The van der Waals surface area contributed by atoms with E-state index in [4.69, 9.17) is 22.1 Å². The van der Waals surface area contributed by atoms with Gasteiger partial charge in [-0.05, 0) is 26.0 Å². The van der Waals surface area contributed by atoms with Crippen molar-refractivity contribution >= 4 is 29.3 Å². The molecule has 0 bridgehead atoms. The summed E-state index contributed by atoms with van der Waals surface area (Å²) < 4.78 is 6.64. The maximum Gasteiger partial charge on any atom is 0.322 e. The molecule has 0 saturated carbocycles. The van der Waals surface area contributed by atoms with Crippen LogP contribution in [-0.4, -0.2) is 34.2 Å². The average molecular weight is 306 g/mol. The van der Waals surface area contributed by atoms with Crippen molar-refractivity contribution in [1.29, 1.82) is 0 Å². The SMILES string of the molecule is CCOC(=O)C(N)CCSCc1c(Cl)c(C)nn1C. The van der Waals surface area contributed by atoms with Crippen LogP contribution in [0.15, 0.2) is 0 Å². The molecule has 0 radical (unpaired) electrons. The second-order valence-electron chi connectivity index (χ2n) is 4.17. The highest BCUT2D eigenvalue weighted by Gasteiger charge is 2.15. The Bertz CT molecular complexity index is 437. The van der Waals surface area contributed by atoms with Gasteiger partial charge in [0.25, 0.3) is 0 Å². The molecule has 0 saturated heterocycles. The zero-order chi connectivity index (χ0) is 14.4. The van der Waals surface area contributed by atoms with Crippen molar-refractivity contribution in [3.05, 3.63) is 16.4 Å². The fourth-order valence-electron chi connectivity index (χ4n) is 1.58. The van der Waals surface area contributed by atoms with Crippen molar-refractivity contribution in [3.63, 3.8) is 0 Å². The van der Waals surface area contributed by atoms with Crippen molar-refractivity contribution in [2.45, 2.75) is 32.1 Å². The third kappa shape index (κ3) is 4.71. The van der Waals surface area contributed by atoms with Crippen LogP contribution in [0.3, 0.4) is 0 Å². The van der Waals surface area contributed by atoms with Gasteiger partial charge in [0.05, 0.1) is 23.0 Å². The second kappa shape index (κ2) is 7.77. The second-order valence-corrected chi connectivity index (χ2v) is 5.65. The number of thioether (sulfide) groups is 1. The number of halogens is 1. The molecule has 0 aliphatic heterocycles. The molecule has 2 N–H and O–H groups in total. The molecular weight excluding hydrogens is 286 g/mol. The number of hydrogen-bond acceptors (Lipinski definition) is 5. The van der Waals surface area contributed by atoms with Gasteiger partial charge in [-0.2, -0.15) is 16.9 Å². The van der Waals surface area contributed by atoms with Crippen LogP contribution in [0.4, 0.5) is 0 Å². The Hall–Kier alpha value is -0.720. The fourth-order valence-corrected chi connectivity index (χ4v) is 2.98. The number of aromatic nitrogens is 2. The van der Waals surface area contributed by atoms with Gasteiger partial charge in [-0.25, -0.2) is 0 Å². The molecule has 1 aromatic rings. The average Bonchev–Trinajstić information content (AvgIpc) is 2.60. The van der Waals surface area contributed by atoms with Crippen molar-refractivity contribution in [2.75, 3.05) is 12.4 Å². The lowest BCUT2D eigenvalue weighted by Crippen LogP contribution is -2.32. The number of carbonyl (C=O) groups is 1. The maximum absolute atomic E-state index is 11.3. The minimum absolute atomic E-state index is 0.336. The van der Waals surface area contributed by atoms with Crippen LogP contribution in [-0.2, 0) is 22.3 Å². The van der Waals surface area contributed by atoms with Gasteiger partial charge in [0.2, 0.25) is 0 Å². The number of esters is 1. The van der Waals surface area contributed by atoms with Crippen LogP contribution in [0.2, 0.25) is 5.02 Å². The molecule has 0 aliphatic carbocycles. The molecule has 19 heavy (non-hydrogen) atoms. The summed E-state index contributed by atoms with van der Waals surface area (Å²) in [5.74, 6) is 1.20. The molecule has 0 fully saturated rings. The molecule has 0 aliphatic rings. The van der Waals surface area contributed by atoms with E-state index < -0.39 is 6.04 Å². The molecule has 1 unspecified atom stereocenters. The zero-order valence-corrected chi connectivity index (χ0v) is 13.1. The Labute approximate surface area is 122 Å². The molecule has 108 valence electrons. The summed E-state index contributed by atoms with van der Waals surface area (Å²) in [6.45, 7) is 4.02. The number of nitrogens with two attached hydrogens (primary N) is 1. The minimum atomic E-state index is -0.545. The molecule has 1 atom stereocenters. The summed E-state index contributed by atoms with van der Waals surface area (Å²) in [6, 6.07) is -0.545. The minimum Gasteiger partial charge on any atom is -0.465 e. The number of nitrogens with zero attached hydrogens (tertiary/aromatic N) is 2. The summed E-state index contributed by atoms with van der Waals surface area (Å²) in [4.78, 5) is 11.3. The highest BCUT2D eigenvalue weighted by atomic mass is 35.5. The standard InChI is InChI=1S/C12H20ClN3O2S/c1-4-18-12(17)9(14)5-6-19-7-10-11(13)8(2)15-16(10)3/h9H,4-7,14H2,1-3H3. The van der Waals surface area contributed by atoms with Crippen LogP contribution < -0.4 is 5.73 Å². The lowest BCUT2D eigenvalue weighted by atomic mass is 10.2. The van der Waals surface area contributed by atoms with Gasteiger partial charge in [-0.3, -0.25) is 9.48 Å². The van der Waals surface area contributed by atoms with E-state index >= 15 is 0 Å². The zero-order valence-electron chi connectivity index (χ0n) is 11.5. The van der Waals surface area contributed by atoms with Gasteiger partial charge < -0.3 is 10.5 Å². The van der Waals surface area contributed by atoms with E-state index in [0.29, 0.717) is 18.1 Å². The lowest BCUT2D eigenvalue weighted by molar-refractivity contribution is -0.144. The summed E-state index contributed by atoms with van der Waals surface area (Å²) in [5.41, 5.74) is 7.55. The quantitative estimate of drug-likeness (QED) is 0.615. The van der Waals surface area contributed by atoms with Gasteiger partial charge in [0.15, 0.2) is 0 Å². The van der Waals surface area contributed by atoms with E-state index in [-0.39, 0.29) is 5.97 Å². The van der Waals surface area contributed by atoms with Gasteiger partial charge in [-0.1, -0.05) is 11.6 Å². The highest BCUT2D eigenvalue weighted by Crippen LogP contribution is 2.24. The summed E-state index contributed by atoms with van der Waals surface area (Å²) in [6.07, 6.45) is 0.595. The molecule has 0 spiro atoms. The maximum atomic E-state index is 11.3. The number of ether oxygens (including phenoxy) is 1. The Morgan fingerprint density at radius 3 is 2.84 bits per heavy atom. The first-order valence-electron chi connectivity index (χ1n) is 6.15. The van der Waals surface area contributed by atoms with Crippen molar-refractivity contribution < 1.29 is 9.53 Å². The Kier molecular flexibility index (Phi) is 6.68. The molecular formula is C12H20ClN3O2S. The van der Waals surface area contributed by atoms with E-state index in [0.717, 1.165) is 22.9 Å². The molecule has 7 heteroatoms. The summed E-state index contributed by atoms with van der Waals surface area (Å²) in [7, 11) is 1.87. The molecule has 1 heterocycles. The number of aryl methyl sites for hydroxylation is 2. The number of hydrogen-bond donors (Lipinski definition) is 1. The van der Waals surface area contributed by atoms with Crippen molar-refractivity contribution in [2.24, 2.45) is 12.8 Å². The monoisotopic (exact) mass is 305 g/mol. The Morgan fingerprint density at radius 2 is 2.32 bits per heavy atom. The molecule has 1 rings (SSSR count). The van der Waals surface area contributed by atoms with Crippen LogP contribution in [0.5, 0.6) is 0 Å². The van der Waals surface area contributed by atoms with Crippen molar-refractivity contribution in [1.82, 2.24) is 9.78 Å². The van der Waals surface area contributed by atoms with E-state index in [1.807, 2.05) is 14.0 Å². The third-order valence-corrected chi connectivity index (χ3v) is 4.16. The predicted molar refractivity (Wildman–Crippen MR) is 78.3 cm³/mol. The summed E-state index contributed by atoms with van der Waals surface area (Å²) in [5, 5.41) is 4.96. The molecule has 0 amide bonds. The summed E-state index contributed by atoms with van der Waals surface area (Å²) >= 11 is 7.83.